The van der Waals surface area contributed by atoms with Crippen LogP contribution in [-0.4, -0.2) is 30.7 Å². The second-order valence-electron chi connectivity index (χ2n) is 5.03. The van der Waals surface area contributed by atoms with Crippen molar-refractivity contribution in [3.63, 3.8) is 0 Å². The van der Waals surface area contributed by atoms with Crippen LogP contribution in [0.4, 0.5) is 0 Å². The van der Waals surface area contributed by atoms with E-state index in [1.807, 2.05) is 0 Å². The van der Waals surface area contributed by atoms with E-state index in [4.69, 9.17) is 4.74 Å². The monoisotopic (exact) mass is 199 g/mol. The van der Waals surface area contributed by atoms with Crippen LogP contribution >= 0.6 is 0 Å². The van der Waals surface area contributed by atoms with Crippen molar-refractivity contribution < 1.29 is 4.74 Å². The van der Waals surface area contributed by atoms with Crippen LogP contribution in [0.15, 0.2) is 12.3 Å². The van der Waals surface area contributed by atoms with Crippen LogP contribution in [0.5, 0.6) is 0 Å². The Morgan fingerprint density at radius 3 is 2.21 bits per heavy atom. The van der Waals surface area contributed by atoms with Crippen molar-refractivity contribution >= 4 is 0 Å². The van der Waals surface area contributed by atoms with Gasteiger partial charge in [-0.05, 0) is 26.7 Å². The Hall–Kier alpha value is -0.500. The fourth-order valence-electron chi connectivity index (χ4n) is 1.07. The van der Waals surface area contributed by atoms with Gasteiger partial charge in [0, 0.05) is 19.3 Å². The van der Waals surface area contributed by atoms with Crippen molar-refractivity contribution in [2.24, 2.45) is 5.92 Å². The number of hydrogen-bond donors (Lipinski definition) is 0. The SMILES string of the molecule is C=C(C(C)C)N(C)CCOC(C)(C)C. The van der Waals surface area contributed by atoms with Gasteiger partial charge in [-0.1, -0.05) is 20.4 Å². The lowest BCUT2D eigenvalue weighted by Crippen LogP contribution is -2.28. The summed E-state index contributed by atoms with van der Waals surface area (Å²) in [5.41, 5.74) is 1.13. The smallest absolute Gasteiger partial charge is 0.0648 e. The molecule has 2 nitrogen and oxygen atoms in total. The molecule has 0 bridgehead atoms. The van der Waals surface area contributed by atoms with Gasteiger partial charge < -0.3 is 9.64 Å². The molecule has 0 amide bonds. The van der Waals surface area contributed by atoms with Gasteiger partial charge in [0.25, 0.3) is 0 Å². The topological polar surface area (TPSA) is 12.5 Å². The van der Waals surface area contributed by atoms with Crippen LogP contribution in [-0.2, 0) is 4.74 Å². The van der Waals surface area contributed by atoms with Crippen molar-refractivity contribution in [1.82, 2.24) is 4.90 Å². The predicted octanol–water partition coefficient (Wildman–Crippen LogP) is 2.90. The lowest BCUT2D eigenvalue weighted by atomic mass is 10.1. The fourth-order valence-corrected chi connectivity index (χ4v) is 1.07. The first-order valence-corrected chi connectivity index (χ1v) is 5.28. The fraction of sp³-hybridized carbons (Fsp3) is 0.833. The molecule has 2 heteroatoms. The largest absolute Gasteiger partial charge is 0.376 e. The molecule has 0 spiro atoms. The van der Waals surface area contributed by atoms with Crippen molar-refractivity contribution in [3.05, 3.63) is 12.3 Å². The van der Waals surface area contributed by atoms with E-state index in [1.54, 1.807) is 0 Å². The summed E-state index contributed by atoms with van der Waals surface area (Å²) in [5.74, 6) is 0.509. The molecule has 84 valence electrons. The van der Waals surface area contributed by atoms with Gasteiger partial charge in [0.05, 0.1) is 12.2 Å². The average molecular weight is 199 g/mol. The van der Waals surface area contributed by atoms with Gasteiger partial charge in [-0.2, -0.15) is 0 Å². The third kappa shape index (κ3) is 6.03. The first-order valence-electron chi connectivity index (χ1n) is 5.28. The van der Waals surface area contributed by atoms with Gasteiger partial charge in [0.15, 0.2) is 0 Å². The number of rotatable bonds is 5. The molecule has 0 saturated carbocycles. The zero-order valence-corrected chi connectivity index (χ0v) is 10.6. The normalized spacial score (nSPS) is 11.9. The molecule has 0 saturated heterocycles. The van der Waals surface area contributed by atoms with Crippen molar-refractivity contribution in [1.29, 1.82) is 0 Å². The van der Waals surface area contributed by atoms with Crippen LogP contribution in [0.3, 0.4) is 0 Å². The summed E-state index contributed by atoms with van der Waals surface area (Å²) in [6.07, 6.45) is 0. The quantitative estimate of drug-likeness (QED) is 0.675. The van der Waals surface area contributed by atoms with E-state index < -0.39 is 0 Å². The van der Waals surface area contributed by atoms with E-state index >= 15 is 0 Å². The molecule has 0 fully saturated rings. The van der Waals surface area contributed by atoms with E-state index in [2.05, 4.69) is 53.1 Å². The molecule has 14 heavy (non-hydrogen) atoms. The molecule has 0 aliphatic heterocycles. The minimum absolute atomic E-state index is 0.0417. The number of nitrogens with zero attached hydrogens (tertiary/aromatic N) is 1. The summed E-state index contributed by atoms with van der Waals surface area (Å²) in [6, 6.07) is 0. The van der Waals surface area contributed by atoms with E-state index in [1.165, 1.54) is 5.70 Å². The molecule has 0 rings (SSSR count). The highest BCUT2D eigenvalue weighted by Crippen LogP contribution is 2.11. The zero-order chi connectivity index (χ0) is 11.4. The zero-order valence-electron chi connectivity index (χ0n) is 10.6. The van der Waals surface area contributed by atoms with Gasteiger partial charge >= 0.3 is 0 Å². The molecule has 0 atom stereocenters. The Morgan fingerprint density at radius 1 is 1.36 bits per heavy atom. The predicted molar refractivity (Wildman–Crippen MR) is 62.3 cm³/mol. The van der Waals surface area contributed by atoms with Gasteiger partial charge in [-0.25, -0.2) is 0 Å². The third-order valence-electron chi connectivity index (χ3n) is 2.12. The van der Waals surface area contributed by atoms with Gasteiger partial charge in [-0.15, -0.1) is 0 Å². The van der Waals surface area contributed by atoms with E-state index in [-0.39, 0.29) is 5.60 Å². The van der Waals surface area contributed by atoms with Crippen LogP contribution < -0.4 is 0 Å². The average Bonchev–Trinajstić information content (AvgIpc) is 2.00. The number of ether oxygens (including phenoxy) is 1. The highest BCUT2D eigenvalue weighted by atomic mass is 16.5. The highest BCUT2D eigenvalue weighted by Gasteiger charge is 2.11. The molecule has 0 N–H and O–H groups in total. The van der Waals surface area contributed by atoms with Gasteiger partial charge in [0.1, 0.15) is 0 Å². The summed E-state index contributed by atoms with van der Waals surface area (Å²) < 4.78 is 5.65. The molecule has 0 unspecified atom stereocenters. The molecule has 0 heterocycles. The molecule has 0 aromatic heterocycles. The second kappa shape index (κ2) is 5.40. The first kappa shape index (κ1) is 13.5. The summed E-state index contributed by atoms with van der Waals surface area (Å²) >= 11 is 0. The molecule has 0 aromatic rings. The minimum Gasteiger partial charge on any atom is -0.376 e. The lowest BCUT2D eigenvalue weighted by molar-refractivity contribution is -0.00869. The lowest BCUT2D eigenvalue weighted by Gasteiger charge is -2.26. The summed E-state index contributed by atoms with van der Waals surface area (Å²) in [5, 5.41) is 0. The Morgan fingerprint density at radius 2 is 1.86 bits per heavy atom. The summed E-state index contributed by atoms with van der Waals surface area (Å²) in [6.45, 7) is 16.2. The Balaban J connectivity index is 3.75. The van der Waals surface area contributed by atoms with Crippen molar-refractivity contribution in [3.8, 4) is 0 Å². The van der Waals surface area contributed by atoms with Crippen molar-refractivity contribution in [2.45, 2.75) is 40.2 Å². The van der Waals surface area contributed by atoms with Crippen LogP contribution in [0, 0.1) is 5.92 Å². The number of allylic oxidation sites excluding steroid dienone is 1. The summed E-state index contributed by atoms with van der Waals surface area (Å²) in [7, 11) is 2.06. The molecule has 0 aromatic carbocycles. The maximum absolute atomic E-state index is 5.65. The second-order valence-corrected chi connectivity index (χ2v) is 5.03. The van der Waals surface area contributed by atoms with Crippen molar-refractivity contribution in [2.75, 3.05) is 20.2 Å². The standard InChI is InChI=1S/C12H25NO/c1-10(2)11(3)13(7)8-9-14-12(4,5)6/h10H,3,8-9H2,1-2,4-7H3. The Kier molecular flexibility index (Phi) is 5.21. The van der Waals surface area contributed by atoms with Gasteiger partial charge in [-0.3, -0.25) is 0 Å². The Bertz CT molecular complexity index is 179. The first-order chi connectivity index (χ1) is 6.24. The van der Waals surface area contributed by atoms with E-state index in [0.29, 0.717) is 5.92 Å². The van der Waals surface area contributed by atoms with E-state index in [9.17, 15) is 0 Å². The molecule has 0 aliphatic carbocycles. The third-order valence-corrected chi connectivity index (χ3v) is 2.12. The van der Waals surface area contributed by atoms with Gasteiger partial charge in [0.2, 0.25) is 0 Å². The summed E-state index contributed by atoms with van der Waals surface area (Å²) in [4.78, 5) is 2.16. The maximum Gasteiger partial charge on any atom is 0.0648 e. The van der Waals surface area contributed by atoms with Crippen LogP contribution in [0.2, 0.25) is 0 Å². The van der Waals surface area contributed by atoms with Crippen LogP contribution in [0.25, 0.3) is 0 Å². The highest BCUT2D eigenvalue weighted by molar-refractivity contribution is 4.95. The molecular formula is C12H25NO. The maximum atomic E-state index is 5.65. The Labute approximate surface area is 88.9 Å². The molecular weight excluding hydrogens is 174 g/mol. The van der Waals surface area contributed by atoms with Crippen LogP contribution in [0.1, 0.15) is 34.6 Å². The number of hydrogen-bond acceptors (Lipinski definition) is 2. The molecule has 0 radical (unpaired) electrons. The number of likely N-dealkylation sites (N-methyl/N-ethyl adjacent to an activating group) is 1. The minimum atomic E-state index is -0.0417. The molecule has 0 aliphatic rings. The van der Waals surface area contributed by atoms with E-state index in [0.717, 1.165) is 13.2 Å².